The number of nitrogens with zero attached hydrogens (tertiary/aromatic N) is 2. The molecule has 4 rings (SSSR count). The van der Waals surface area contributed by atoms with Crippen LogP contribution in [0.4, 0.5) is 0 Å². The Labute approximate surface area is 175 Å². The summed E-state index contributed by atoms with van der Waals surface area (Å²) in [4.78, 5) is 18.4. The number of aliphatic hydroxyl groups excluding tert-OH is 1. The lowest BCUT2D eigenvalue weighted by Gasteiger charge is -2.23. The van der Waals surface area contributed by atoms with E-state index in [0.29, 0.717) is 17.7 Å². The van der Waals surface area contributed by atoms with Crippen LogP contribution < -0.4 is 15.6 Å². The van der Waals surface area contributed by atoms with Crippen molar-refractivity contribution < 1.29 is 9.84 Å². The predicted octanol–water partition coefficient (Wildman–Crippen LogP) is 3.45. The largest absolute Gasteiger partial charge is 0.488 e. The van der Waals surface area contributed by atoms with Gasteiger partial charge in [0, 0.05) is 30.4 Å². The summed E-state index contributed by atoms with van der Waals surface area (Å²) in [6.45, 7) is 7.51. The average Bonchev–Trinajstić information content (AvgIpc) is 3.23. The SMILES string of the molecule is CC(C)(C)NCC(O)COc1c(Br)ccc2c1sc1nc3n(c(=O)c12)CCC3. The summed E-state index contributed by atoms with van der Waals surface area (Å²) in [6.07, 6.45) is 1.18. The summed E-state index contributed by atoms with van der Waals surface area (Å²) in [6, 6.07) is 3.83. The van der Waals surface area contributed by atoms with Gasteiger partial charge in [0.05, 0.1) is 14.6 Å². The molecular weight excluding hydrogens is 442 g/mol. The maximum absolute atomic E-state index is 13.0. The minimum atomic E-state index is -0.636. The number of fused-ring (bicyclic) bond motifs is 4. The van der Waals surface area contributed by atoms with E-state index >= 15 is 0 Å². The molecule has 0 saturated carbocycles. The zero-order valence-corrected chi connectivity index (χ0v) is 18.6. The molecule has 2 aromatic heterocycles. The number of thiophene rings is 1. The minimum Gasteiger partial charge on any atom is -0.488 e. The van der Waals surface area contributed by atoms with E-state index in [4.69, 9.17) is 9.72 Å². The minimum absolute atomic E-state index is 0.0337. The van der Waals surface area contributed by atoms with Gasteiger partial charge in [-0.3, -0.25) is 9.36 Å². The van der Waals surface area contributed by atoms with Crippen LogP contribution in [-0.2, 0) is 13.0 Å². The van der Waals surface area contributed by atoms with Crippen LogP contribution in [-0.4, -0.2) is 39.5 Å². The van der Waals surface area contributed by atoms with E-state index < -0.39 is 6.10 Å². The lowest BCUT2D eigenvalue weighted by Crippen LogP contribution is -2.42. The molecule has 0 bridgehead atoms. The molecule has 1 aromatic carbocycles. The Kier molecular flexibility index (Phi) is 5.24. The molecule has 1 unspecified atom stereocenters. The summed E-state index contributed by atoms with van der Waals surface area (Å²) in [5.74, 6) is 1.52. The topological polar surface area (TPSA) is 76.4 Å². The zero-order valence-electron chi connectivity index (χ0n) is 16.2. The van der Waals surface area contributed by atoms with Gasteiger partial charge in [0.15, 0.2) is 5.75 Å². The Balaban J connectivity index is 1.68. The van der Waals surface area contributed by atoms with E-state index in [1.165, 1.54) is 11.3 Å². The van der Waals surface area contributed by atoms with Crippen molar-refractivity contribution in [1.82, 2.24) is 14.9 Å². The van der Waals surface area contributed by atoms with E-state index in [-0.39, 0.29) is 17.7 Å². The Morgan fingerprint density at radius 3 is 2.96 bits per heavy atom. The Morgan fingerprint density at radius 1 is 1.43 bits per heavy atom. The molecule has 0 radical (unpaired) electrons. The average molecular weight is 466 g/mol. The van der Waals surface area contributed by atoms with Crippen LogP contribution in [0.15, 0.2) is 21.4 Å². The molecular formula is C20H24BrN3O3S. The highest BCUT2D eigenvalue weighted by atomic mass is 79.9. The summed E-state index contributed by atoms with van der Waals surface area (Å²) in [5.41, 5.74) is -0.0344. The summed E-state index contributed by atoms with van der Waals surface area (Å²) in [7, 11) is 0. The van der Waals surface area contributed by atoms with Gasteiger partial charge >= 0.3 is 0 Å². The van der Waals surface area contributed by atoms with Crippen molar-refractivity contribution in [3.8, 4) is 5.75 Å². The van der Waals surface area contributed by atoms with Crippen LogP contribution in [0.3, 0.4) is 0 Å². The summed E-state index contributed by atoms with van der Waals surface area (Å²) < 4.78 is 9.46. The molecule has 0 amide bonds. The predicted molar refractivity (Wildman–Crippen MR) is 117 cm³/mol. The third-order valence-corrected chi connectivity index (χ3v) is 6.54. The first kappa shape index (κ1) is 19.8. The van der Waals surface area contributed by atoms with E-state index in [9.17, 15) is 9.90 Å². The molecule has 150 valence electrons. The number of nitrogens with one attached hydrogen (secondary N) is 1. The molecule has 0 fully saturated rings. The van der Waals surface area contributed by atoms with Gasteiger partial charge in [-0.1, -0.05) is 6.07 Å². The van der Waals surface area contributed by atoms with E-state index in [1.807, 2.05) is 12.1 Å². The molecule has 1 atom stereocenters. The quantitative estimate of drug-likeness (QED) is 0.603. The van der Waals surface area contributed by atoms with Gasteiger partial charge in [0.25, 0.3) is 5.56 Å². The highest BCUT2D eigenvalue weighted by molar-refractivity contribution is 9.10. The molecule has 3 heterocycles. The third-order valence-electron chi connectivity index (χ3n) is 4.82. The van der Waals surface area contributed by atoms with Gasteiger partial charge in [0.2, 0.25) is 0 Å². The molecule has 28 heavy (non-hydrogen) atoms. The number of halogens is 1. The van der Waals surface area contributed by atoms with Crippen LogP contribution in [0.5, 0.6) is 5.75 Å². The summed E-state index contributed by atoms with van der Waals surface area (Å²) in [5, 5.41) is 15.1. The lowest BCUT2D eigenvalue weighted by molar-refractivity contribution is 0.101. The van der Waals surface area contributed by atoms with E-state index in [2.05, 4.69) is 42.0 Å². The molecule has 0 aliphatic carbocycles. The molecule has 1 aliphatic rings. The Bertz CT molecular complexity index is 1100. The highest BCUT2D eigenvalue weighted by Crippen LogP contribution is 2.41. The second-order valence-corrected chi connectivity index (χ2v) is 10.1. The second kappa shape index (κ2) is 7.40. The number of hydrogen-bond acceptors (Lipinski definition) is 6. The first-order chi connectivity index (χ1) is 13.2. The van der Waals surface area contributed by atoms with Crippen LogP contribution >= 0.6 is 27.3 Å². The number of aryl methyl sites for hydroxylation is 1. The monoisotopic (exact) mass is 465 g/mol. The number of benzene rings is 1. The second-order valence-electron chi connectivity index (χ2n) is 8.22. The maximum atomic E-state index is 13.0. The standard InChI is InChI=1S/C20H24BrN3O3S/c1-20(2,3)22-9-11(25)10-27-16-13(21)7-6-12-15-18(28-17(12)16)23-14-5-4-8-24(14)19(15)26/h6-7,11,22,25H,4-5,8-10H2,1-3H3. The third kappa shape index (κ3) is 3.70. The molecule has 6 nitrogen and oxygen atoms in total. The lowest BCUT2D eigenvalue weighted by atomic mass is 10.1. The Morgan fingerprint density at radius 2 is 2.21 bits per heavy atom. The van der Waals surface area contributed by atoms with Crippen molar-refractivity contribution >= 4 is 47.6 Å². The number of rotatable bonds is 5. The molecule has 1 aliphatic heterocycles. The highest BCUT2D eigenvalue weighted by Gasteiger charge is 2.22. The van der Waals surface area contributed by atoms with Gasteiger partial charge < -0.3 is 15.2 Å². The summed E-state index contributed by atoms with van der Waals surface area (Å²) >= 11 is 5.02. The van der Waals surface area contributed by atoms with Crippen molar-refractivity contribution in [2.45, 2.75) is 51.8 Å². The van der Waals surface area contributed by atoms with E-state index in [0.717, 1.165) is 44.6 Å². The molecule has 2 N–H and O–H groups in total. The van der Waals surface area contributed by atoms with Gasteiger partial charge in [-0.15, -0.1) is 11.3 Å². The molecule has 8 heteroatoms. The number of aromatic nitrogens is 2. The van der Waals surface area contributed by atoms with E-state index in [1.54, 1.807) is 4.57 Å². The van der Waals surface area contributed by atoms with Crippen LogP contribution in [0, 0.1) is 0 Å². The van der Waals surface area contributed by atoms with Crippen molar-refractivity contribution in [2.24, 2.45) is 0 Å². The molecule has 0 spiro atoms. The number of ether oxygens (including phenoxy) is 1. The van der Waals surface area contributed by atoms with Crippen molar-refractivity contribution in [3.05, 3.63) is 32.8 Å². The normalized spacial score (nSPS) is 15.3. The molecule has 3 aromatic rings. The fourth-order valence-electron chi connectivity index (χ4n) is 3.43. The number of hydrogen-bond donors (Lipinski definition) is 2. The first-order valence-electron chi connectivity index (χ1n) is 9.45. The van der Waals surface area contributed by atoms with Crippen LogP contribution in [0.2, 0.25) is 0 Å². The van der Waals surface area contributed by atoms with Gasteiger partial charge in [-0.25, -0.2) is 4.98 Å². The smallest absolute Gasteiger partial charge is 0.262 e. The fraction of sp³-hybridized carbons (Fsp3) is 0.500. The fourth-order valence-corrected chi connectivity index (χ4v) is 5.19. The van der Waals surface area contributed by atoms with Gasteiger partial charge in [-0.2, -0.15) is 0 Å². The van der Waals surface area contributed by atoms with Gasteiger partial charge in [0.1, 0.15) is 23.4 Å². The van der Waals surface area contributed by atoms with Crippen molar-refractivity contribution in [3.63, 3.8) is 0 Å². The molecule has 0 saturated heterocycles. The van der Waals surface area contributed by atoms with Crippen LogP contribution in [0.1, 0.15) is 33.0 Å². The Hall–Kier alpha value is -1.48. The number of aliphatic hydroxyl groups is 1. The van der Waals surface area contributed by atoms with Crippen molar-refractivity contribution in [1.29, 1.82) is 0 Å². The van der Waals surface area contributed by atoms with Gasteiger partial charge in [-0.05, 0) is 49.2 Å². The maximum Gasteiger partial charge on any atom is 0.262 e. The number of β-amino-alcohol motifs (C(OH)–C–C–N with tert-alkyl or cyclic N) is 1. The zero-order chi connectivity index (χ0) is 20.1. The first-order valence-corrected chi connectivity index (χ1v) is 11.1. The van der Waals surface area contributed by atoms with Crippen LogP contribution in [0.25, 0.3) is 20.3 Å². The van der Waals surface area contributed by atoms with Crippen molar-refractivity contribution in [2.75, 3.05) is 13.2 Å².